The number of carbonyl (C=O) groups excluding carboxylic acids is 4. The molecule has 1 aromatic carbocycles. The number of ether oxygens (including phenoxy) is 1. The van der Waals surface area contributed by atoms with E-state index in [1.807, 2.05) is 64.6 Å². The summed E-state index contributed by atoms with van der Waals surface area (Å²) in [4.78, 5) is 61.4. The number of hydrogen-bond acceptors (Lipinski definition) is 8. The van der Waals surface area contributed by atoms with E-state index in [-0.39, 0.29) is 76.8 Å². The van der Waals surface area contributed by atoms with Gasteiger partial charge >= 0.3 is 0 Å². The Balaban J connectivity index is 2.30. The van der Waals surface area contributed by atoms with Crippen molar-refractivity contribution in [3.05, 3.63) is 29.8 Å². The second kappa shape index (κ2) is 24.1. The van der Waals surface area contributed by atoms with Gasteiger partial charge in [0.25, 0.3) is 0 Å². The lowest BCUT2D eigenvalue weighted by Gasteiger charge is -2.41. The van der Waals surface area contributed by atoms with E-state index in [1.54, 1.807) is 49.0 Å². The molecule has 8 atom stereocenters. The van der Waals surface area contributed by atoms with Crippen LogP contribution in [0.4, 0.5) is 0 Å². The van der Waals surface area contributed by atoms with E-state index in [9.17, 15) is 24.3 Å². The third-order valence-corrected chi connectivity index (χ3v) is 13.0. The number of benzene rings is 1. The maximum Gasteiger partial charge on any atom is 0.245 e. The molecular formula is C43H75N5O6S. The fourth-order valence-corrected chi connectivity index (χ4v) is 9.64. The fourth-order valence-electron chi connectivity index (χ4n) is 8.08. The Hall–Kier alpha value is -2.83. The van der Waals surface area contributed by atoms with E-state index in [0.717, 1.165) is 49.8 Å². The molecule has 0 aromatic heterocycles. The monoisotopic (exact) mass is 790 g/mol. The summed E-state index contributed by atoms with van der Waals surface area (Å²) in [6, 6.07) is 5.46. The molecule has 55 heavy (non-hydrogen) atoms. The minimum Gasteiger partial charge on any atom is -0.508 e. The second-order valence-corrected chi connectivity index (χ2v) is 17.8. The summed E-state index contributed by atoms with van der Waals surface area (Å²) in [5.41, 5.74) is 0.954. The van der Waals surface area contributed by atoms with Crippen molar-refractivity contribution < 1.29 is 29.0 Å². The summed E-state index contributed by atoms with van der Waals surface area (Å²) in [7, 11) is 7.12. The van der Waals surface area contributed by atoms with Crippen LogP contribution >= 0.6 is 11.8 Å². The molecule has 2 rings (SSSR count). The number of rotatable bonds is 24. The van der Waals surface area contributed by atoms with Crippen LogP contribution in [0.25, 0.3) is 0 Å². The van der Waals surface area contributed by atoms with Crippen molar-refractivity contribution in [2.45, 2.75) is 142 Å². The van der Waals surface area contributed by atoms with Crippen LogP contribution in [0.1, 0.15) is 106 Å². The summed E-state index contributed by atoms with van der Waals surface area (Å²) >= 11 is 1.80. The summed E-state index contributed by atoms with van der Waals surface area (Å²) < 4.78 is 6.10. The predicted molar refractivity (Wildman–Crippen MR) is 225 cm³/mol. The lowest BCUT2D eigenvalue weighted by molar-refractivity contribution is -0.146. The van der Waals surface area contributed by atoms with Crippen LogP contribution in [0.5, 0.6) is 5.75 Å². The molecule has 1 heterocycles. The highest BCUT2D eigenvalue weighted by Crippen LogP contribution is 2.35. The lowest BCUT2D eigenvalue weighted by Crippen LogP contribution is -2.59. The zero-order valence-corrected chi connectivity index (χ0v) is 36.9. The molecule has 1 aromatic rings. The number of carbonyl (C=O) groups is 4. The molecule has 1 aliphatic rings. The third kappa shape index (κ3) is 14.3. The fraction of sp³-hybridized carbons (Fsp3) is 0.767. The number of likely N-dealkylation sites (tertiary alicyclic amines) is 1. The Morgan fingerprint density at radius 1 is 1.00 bits per heavy atom. The Labute approximate surface area is 337 Å². The minimum atomic E-state index is -0.737. The van der Waals surface area contributed by atoms with Gasteiger partial charge in [-0.05, 0) is 81.0 Å². The molecular weight excluding hydrogens is 715 g/mol. The van der Waals surface area contributed by atoms with Gasteiger partial charge in [-0.3, -0.25) is 24.1 Å². The number of unbranched alkanes of at least 4 members (excludes halogenated alkanes) is 2. The quantitative estimate of drug-likeness (QED) is 0.109. The molecule has 0 spiro atoms. The van der Waals surface area contributed by atoms with E-state index >= 15 is 0 Å². The standard InChI is InChI=1S/C43H75N5O6S/c1-13-15-16-25-55-40(31(8)41(51)44-23-22-32-19-17-20-33(49)26-32)34-21-18-24-48(34)36(50)27-35(54-12)39(30(7)14-2)47(11)43(53)37(28(3)4)45-42(52)38(29(5)6)46(9)10/h17,19-20,26,28-31,34-35,37-40,49H,13-16,18,21-25,27H2,1-12H3,(H,44,51)(H,45,52). The molecule has 1 fully saturated rings. The molecule has 0 aliphatic carbocycles. The normalized spacial score (nSPS) is 18.5. The highest BCUT2D eigenvalue weighted by Gasteiger charge is 2.43. The number of thioether (sulfide) groups is 1. The number of methoxy groups -OCH3 is 1. The average molecular weight is 790 g/mol. The molecule has 314 valence electrons. The first-order chi connectivity index (χ1) is 26.0. The number of phenols is 1. The number of amides is 4. The van der Waals surface area contributed by atoms with Gasteiger partial charge in [-0.15, -0.1) is 0 Å². The van der Waals surface area contributed by atoms with E-state index in [1.165, 1.54) is 0 Å². The molecule has 1 saturated heterocycles. The van der Waals surface area contributed by atoms with Gasteiger partial charge < -0.3 is 30.3 Å². The topological polar surface area (TPSA) is 132 Å². The SMILES string of the molecule is CCCCCSC(C(C)C(=O)NCCc1cccc(O)c1)C1CCCN1C(=O)CC(OC)C(C(C)CC)N(C)C(=O)C(NC(=O)C(C(C)C)N(C)C)C(C)C. The molecule has 1 aliphatic heterocycles. The summed E-state index contributed by atoms with van der Waals surface area (Å²) in [6.07, 6.45) is 5.88. The number of nitrogens with one attached hydrogen (secondary N) is 2. The molecule has 4 amide bonds. The van der Waals surface area contributed by atoms with Crippen LogP contribution in [0.3, 0.4) is 0 Å². The number of nitrogens with zero attached hydrogens (tertiary/aromatic N) is 3. The minimum absolute atomic E-state index is 0.0141. The molecule has 0 bridgehead atoms. The Morgan fingerprint density at radius 3 is 2.25 bits per heavy atom. The first-order valence-corrected chi connectivity index (χ1v) is 21.8. The number of aromatic hydroxyl groups is 1. The van der Waals surface area contributed by atoms with Crippen molar-refractivity contribution >= 4 is 35.4 Å². The molecule has 0 saturated carbocycles. The van der Waals surface area contributed by atoms with E-state index in [2.05, 4.69) is 31.4 Å². The highest BCUT2D eigenvalue weighted by molar-refractivity contribution is 8.00. The first-order valence-electron chi connectivity index (χ1n) is 20.7. The van der Waals surface area contributed by atoms with Crippen molar-refractivity contribution in [3.63, 3.8) is 0 Å². The van der Waals surface area contributed by atoms with Crippen LogP contribution in [-0.4, -0.2) is 126 Å². The van der Waals surface area contributed by atoms with E-state index in [4.69, 9.17) is 4.74 Å². The van der Waals surface area contributed by atoms with Gasteiger partial charge in [0, 0.05) is 44.5 Å². The van der Waals surface area contributed by atoms with Gasteiger partial charge in [0.05, 0.1) is 24.6 Å². The third-order valence-electron chi connectivity index (χ3n) is 11.4. The summed E-state index contributed by atoms with van der Waals surface area (Å²) in [5.74, 6) is 0.282. The van der Waals surface area contributed by atoms with Crippen LogP contribution in [0.2, 0.25) is 0 Å². The lowest BCUT2D eigenvalue weighted by atomic mass is 9.89. The Morgan fingerprint density at radius 2 is 1.69 bits per heavy atom. The zero-order valence-electron chi connectivity index (χ0n) is 36.1. The van der Waals surface area contributed by atoms with Crippen molar-refractivity contribution in [2.75, 3.05) is 47.1 Å². The van der Waals surface area contributed by atoms with Gasteiger partial charge in [-0.25, -0.2) is 0 Å². The summed E-state index contributed by atoms with van der Waals surface area (Å²) in [6.45, 7) is 17.3. The van der Waals surface area contributed by atoms with E-state index < -0.39 is 18.2 Å². The van der Waals surface area contributed by atoms with Gasteiger partial charge in [-0.2, -0.15) is 11.8 Å². The first kappa shape index (κ1) is 48.3. The maximum absolute atomic E-state index is 14.4. The largest absolute Gasteiger partial charge is 0.508 e. The van der Waals surface area contributed by atoms with Crippen molar-refractivity contribution in [1.29, 1.82) is 0 Å². The van der Waals surface area contributed by atoms with Crippen LogP contribution in [0.15, 0.2) is 24.3 Å². The molecule has 0 radical (unpaired) electrons. The Kier molecular flexibility index (Phi) is 21.1. The molecule has 11 nitrogen and oxygen atoms in total. The number of hydrogen-bond donors (Lipinski definition) is 3. The van der Waals surface area contributed by atoms with Crippen LogP contribution in [-0.2, 0) is 30.3 Å². The van der Waals surface area contributed by atoms with Crippen molar-refractivity contribution in [3.8, 4) is 5.75 Å². The van der Waals surface area contributed by atoms with Gasteiger partial charge in [-0.1, -0.05) is 86.8 Å². The smallest absolute Gasteiger partial charge is 0.245 e. The Bertz CT molecular complexity index is 1340. The van der Waals surface area contributed by atoms with Crippen LogP contribution < -0.4 is 10.6 Å². The molecule has 12 heteroatoms. The predicted octanol–water partition coefficient (Wildman–Crippen LogP) is 5.98. The van der Waals surface area contributed by atoms with Gasteiger partial charge in [0.2, 0.25) is 23.6 Å². The number of likely N-dealkylation sites (N-methyl/N-ethyl adjacent to an activating group) is 2. The van der Waals surface area contributed by atoms with Gasteiger partial charge in [0.15, 0.2) is 0 Å². The van der Waals surface area contributed by atoms with Crippen LogP contribution in [0, 0.1) is 23.7 Å². The molecule has 8 unspecified atom stereocenters. The van der Waals surface area contributed by atoms with E-state index in [0.29, 0.717) is 19.5 Å². The second-order valence-electron chi connectivity index (χ2n) is 16.5. The zero-order chi connectivity index (χ0) is 41.4. The number of phenolic OH excluding ortho intramolecular Hbond substituents is 1. The van der Waals surface area contributed by atoms with Gasteiger partial charge in [0.1, 0.15) is 11.8 Å². The average Bonchev–Trinajstić information content (AvgIpc) is 3.62. The van der Waals surface area contributed by atoms with Crippen molar-refractivity contribution in [1.82, 2.24) is 25.3 Å². The molecule has 3 N–H and O–H groups in total. The maximum atomic E-state index is 14.4. The summed E-state index contributed by atoms with van der Waals surface area (Å²) in [5, 5.41) is 16.0. The van der Waals surface area contributed by atoms with Crippen molar-refractivity contribution in [2.24, 2.45) is 23.7 Å². The highest BCUT2D eigenvalue weighted by atomic mass is 32.2.